The summed E-state index contributed by atoms with van der Waals surface area (Å²) in [6.45, 7) is 2.29. The van der Waals surface area contributed by atoms with Gasteiger partial charge in [-0.25, -0.2) is 8.78 Å². The largest absolute Gasteiger partial charge is 0.352 e. The van der Waals surface area contributed by atoms with Crippen molar-refractivity contribution in [1.82, 2.24) is 5.32 Å². The summed E-state index contributed by atoms with van der Waals surface area (Å²) >= 11 is 0. The van der Waals surface area contributed by atoms with Crippen LogP contribution in [0.15, 0.2) is 42.5 Å². The van der Waals surface area contributed by atoms with Gasteiger partial charge in [0.15, 0.2) is 11.6 Å². The fraction of sp³-hybridized carbons (Fsp3) is 0.125. The standard InChI is InChI=1S/C16H14F2N2O2/c1-2-19-15(21)10-4-3-5-12(8-10)20-16(22)11-6-7-13(17)14(18)9-11/h3-9H,2H2,1H3,(H,19,21)(H,20,22). The van der Waals surface area contributed by atoms with E-state index in [4.69, 9.17) is 0 Å². The monoisotopic (exact) mass is 304 g/mol. The summed E-state index contributed by atoms with van der Waals surface area (Å²) in [5.74, 6) is -2.96. The summed E-state index contributed by atoms with van der Waals surface area (Å²) in [5, 5.41) is 5.18. The molecule has 22 heavy (non-hydrogen) atoms. The van der Waals surface area contributed by atoms with Gasteiger partial charge in [-0.15, -0.1) is 0 Å². The van der Waals surface area contributed by atoms with Crippen LogP contribution in [-0.4, -0.2) is 18.4 Å². The van der Waals surface area contributed by atoms with E-state index in [0.717, 1.165) is 12.1 Å². The van der Waals surface area contributed by atoms with E-state index in [1.807, 2.05) is 0 Å². The van der Waals surface area contributed by atoms with Gasteiger partial charge in [-0.3, -0.25) is 9.59 Å². The molecule has 0 saturated carbocycles. The molecule has 0 atom stereocenters. The second-order valence-electron chi connectivity index (χ2n) is 4.52. The Kier molecular flexibility index (Phi) is 4.83. The number of hydrogen-bond acceptors (Lipinski definition) is 2. The van der Waals surface area contributed by atoms with Gasteiger partial charge in [0.25, 0.3) is 11.8 Å². The maximum Gasteiger partial charge on any atom is 0.255 e. The maximum atomic E-state index is 13.1. The average Bonchev–Trinajstić information content (AvgIpc) is 2.50. The van der Waals surface area contributed by atoms with Crippen molar-refractivity contribution in [3.63, 3.8) is 0 Å². The van der Waals surface area contributed by atoms with Gasteiger partial charge in [0.2, 0.25) is 0 Å². The summed E-state index contributed by atoms with van der Waals surface area (Å²) in [4.78, 5) is 23.7. The average molecular weight is 304 g/mol. The Morgan fingerprint density at radius 2 is 1.68 bits per heavy atom. The van der Waals surface area contributed by atoms with Crippen LogP contribution in [0.25, 0.3) is 0 Å². The van der Waals surface area contributed by atoms with Crippen LogP contribution in [0.4, 0.5) is 14.5 Å². The maximum absolute atomic E-state index is 13.1. The highest BCUT2D eigenvalue weighted by Gasteiger charge is 2.11. The van der Waals surface area contributed by atoms with E-state index in [9.17, 15) is 18.4 Å². The molecule has 2 rings (SSSR count). The zero-order chi connectivity index (χ0) is 16.1. The number of amides is 2. The summed E-state index contributed by atoms with van der Waals surface area (Å²) < 4.78 is 26.0. The van der Waals surface area contributed by atoms with Crippen LogP contribution in [0.5, 0.6) is 0 Å². The Bertz CT molecular complexity index is 717. The second-order valence-corrected chi connectivity index (χ2v) is 4.52. The molecule has 0 bridgehead atoms. The summed E-state index contributed by atoms with van der Waals surface area (Å²) in [6.07, 6.45) is 0. The van der Waals surface area contributed by atoms with Gasteiger partial charge in [-0.1, -0.05) is 6.07 Å². The first kappa shape index (κ1) is 15.6. The predicted octanol–water partition coefficient (Wildman–Crippen LogP) is 2.97. The van der Waals surface area contributed by atoms with Crippen LogP contribution in [0.2, 0.25) is 0 Å². The van der Waals surface area contributed by atoms with Crippen LogP contribution >= 0.6 is 0 Å². The number of carbonyl (C=O) groups is 2. The molecule has 2 amide bonds. The van der Waals surface area contributed by atoms with E-state index in [0.29, 0.717) is 17.8 Å². The van der Waals surface area contributed by atoms with Gasteiger partial charge < -0.3 is 10.6 Å². The lowest BCUT2D eigenvalue weighted by molar-refractivity contribution is 0.0954. The minimum Gasteiger partial charge on any atom is -0.352 e. The first-order valence-corrected chi connectivity index (χ1v) is 6.66. The van der Waals surface area contributed by atoms with Crippen molar-refractivity contribution in [3.05, 3.63) is 65.2 Å². The molecular weight excluding hydrogens is 290 g/mol. The zero-order valence-corrected chi connectivity index (χ0v) is 11.8. The normalized spacial score (nSPS) is 10.1. The Hall–Kier alpha value is -2.76. The highest BCUT2D eigenvalue weighted by atomic mass is 19.2. The lowest BCUT2D eigenvalue weighted by Gasteiger charge is -2.08. The van der Waals surface area contributed by atoms with E-state index in [-0.39, 0.29) is 11.5 Å². The Morgan fingerprint density at radius 3 is 2.36 bits per heavy atom. The van der Waals surface area contributed by atoms with Crippen molar-refractivity contribution in [3.8, 4) is 0 Å². The van der Waals surface area contributed by atoms with Gasteiger partial charge >= 0.3 is 0 Å². The van der Waals surface area contributed by atoms with Crippen molar-refractivity contribution in [2.24, 2.45) is 0 Å². The first-order valence-electron chi connectivity index (χ1n) is 6.66. The number of nitrogens with one attached hydrogen (secondary N) is 2. The minimum absolute atomic E-state index is 0.0117. The third-order valence-electron chi connectivity index (χ3n) is 2.90. The molecular formula is C16H14F2N2O2. The lowest BCUT2D eigenvalue weighted by atomic mass is 10.1. The molecule has 114 valence electrons. The third kappa shape index (κ3) is 3.66. The number of carbonyl (C=O) groups excluding carboxylic acids is 2. The molecule has 0 radical (unpaired) electrons. The number of halogens is 2. The quantitative estimate of drug-likeness (QED) is 0.912. The summed E-state index contributed by atoms with van der Waals surface area (Å²) in [6, 6.07) is 9.21. The van der Waals surface area contributed by atoms with E-state index >= 15 is 0 Å². The van der Waals surface area contributed by atoms with Crippen LogP contribution in [0, 0.1) is 11.6 Å². The number of benzene rings is 2. The molecule has 0 fully saturated rings. The van der Waals surface area contributed by atoms with Crippen molar-refractivity contribution in [2.75, 3.05) is 11.9 Å². The van der Waals surface area contributed by atoms with Gasteiger partial charge in [0, 0.05) is 23.4 Å². The Labute approximate surface area is 126 Å². The zero-order valence-electron chi connectivity index (χ0n) is 11.8. The molecule has 0 aliphatic carbocycles. The number of rotatable bonds is 4. The summed E-state index contributed by atoms with van der Waals surface area (Å²) in [5.41, 5.74) is 0.769. The third-order valence-corrected chi connectivity index (χ3v) is 2.90. The predicted molar refractivity (Wildman–Crippen MR) is 78.8 cm³/mol. The van der Waals surface area contributed by atoms with Crippen LogP contribution in [0.3, 0.4) is 0 Å². The van der Waals surface area contributed by atoms with Crippen molar-refractivity contribution in [1.29, 1.82) is 0 Å². The van der Waals surface area contributed by atoms with Crippen LogP contribution in [0.1, 0.15) is 27.6 Å². The van der Waals surface area contributed by atoms with Gasteiger partial charge in [0.05, 0.1) is 0 Å². The van der Waals surface area contributed by atoms with E-state index in [1.54, 1.807) is 25.1 Å². The molecule has 4 nitrogen and oxygen atoms in total. The molecule has 0 saturated heterocycles. The van der Waals surface area contributed by atoms with Crippen LogP contribution in [-0.2, 0) is 0 Å². The van der Waals surface area contributed by atoms with E-state index in [2.05, 4.69) is 10.6 Å². The lowest BCUT2D eigenvalue weighted by Crippen LogP contribution is -2.22. The topological polar surface area (TPSA) is 58.2 Å². The molecule has 0 unspecified atom stereocenters. The number of anilines is 1. The molecule has 0 heterocycles. The summed E-state index contributed by atoms with van der Waals surface area (Å²) in [7, 11) is 0. The van der Waals surface area contributed by atoms with E-state index in [1.165, 1.54) is 12.1 Å². The SMILES string of the molecule is CCNC(=O)c1cccc(NC(=O)c2ccc(F)c(F)c2)c1. The molecule has 2 N–H and O–H groups in total. The van der Waals surface area contributed by atoms with Crippen LogP contribution < -0.4 is 10.6 Å². The van der Waals surface area contributed by atoms with Crippen molar-refractivity contribution in [2.45, 2.75) is 6.92 Å². The molecule has 0 aliphatic heterocycles. The fourth-order valence-electron chi connectivity index (χ4n) is 1.84. The van der Waals surface area contributed by atoms with Crippen molar-refractivity contribution >= 4 is 17.5 Å². The molecule has 0 aliphatic rings. The van der Waals surface area contributed by atoms with Gasteiger partial charge in [-0.05, 0) is 43.3 Å². The molecule has 0 spiro atoms. The molecule has 6 heteroatoms. The van der Waals surface area contributed by atoms with Gasteiger partial charge in [-0.2, -0.15) is 0 Å². The molecule has 2 aromatic carbocycles. The number of hydrogen-bond donors (Lipinski definition) is 2. The Morgan fingerprint density at radius 1 is 0.955 bits per heavy atom. The van der Waals surface area contributed by atoms with Gasteiger partial charge in [0.1, 0.15) is 0 Å². The second kappa shape index (κ2) is 6.80. The highest BCUT2D eigenvalue weighted by molar-refractivity contribution is 6.05. The molecule has 2 aromatic rings. The smallest absolute Gasteiger partial charge is 0.255 e. The Balaban J connectivity index is 2.16. The highest BCUT2D eigenvalue weighted by Crippen LogP contribution is 2.14. The van der Waals surface area contributed by atoms with Crippen molar-refractivity contribution < 1.29 is 18.4 Å². The minimum atomic E-state index is -1.09. The van der Waals surface area contributed by atoms with E-state index < -0.39 is 17.5 Å². The fourth-order valence-corrected chi connectivity index (χ4v) is 1.84. The molecule has 0 aromatic heterocycles. The first-order chi connectivity index (χ1) is 10.5.